The number of hydrogen-bond acceptors (Lipinski definition) is 3. The van der Waals surface area contributed by atoms with E-state index in [1.807, 2.05) is 19.3 Å². The molecular formula is C13H20N2O2. The normalized spacial score (nSPS) is 29.2. The first-order valence-electron chi connectivity index (χ1n) is 6.24. The van der Waals surface area contributed by atoms with Crippen molar-refractivity contribution in [3.05, 3.63) is 18.0 Å². The van der Waals surface area contributed by atoms with Crippen LogP contribution < -0.4 is 0 Å². The second kappa shape index (κ2) is 4.61. The fourth-order valence-electron chi connectivity index (χ4n) is 2.41. The predicted molar refractivity (Wildman–Crippen MR) is 64.5 cm³/mol. The summed E-state index contributed by atoms with van der Waals surface area (Å²) in [7, 11) is 1.82. The minimum absolute atomic E-state index is 0.0805. The Morgan fingerprint density at radius 1 is 1.59 bits per heavy atom. The van der Waals surface area contributed by atoms with E-state index < -0.39 is 5.60 Å². The van der Waals surface area contributed by atoms with Crippen molar-refractivity contribution < 1.29 is 9.90 Å². The van der Waals surface area contributed by atoms with Gasteiger partial charge in [0, 0.05) is 13.2 Å². The summed E-state index contributed by atoms with van der Waals surface area (Å²) < 4.78 is 1.68. The van der Waals surface area contributed by atoms with Crippen molar-refractivity contribution >= 4 is 5.78 Å². The lowest BCUT2D eigenvalue weighted by atomic mass is 9.76. The highest BCUT2D eigenvalue weighted by molar-refractivity contribution is 5.88. The lowest BCUT2D eigenvalue weighted by molar-refractivity contribution is -0.140. The molecule has 0 aromatic carbocycles. The molecule has 1 aliphatic rings. The average molecular weight is 236 g/mol. The van der Waals surface area contributed by atoms with Crippen LogP contribution >= 0.6 is 0 Å². The van der Waals surface area contributed by atoms with Gasteiger partial charge in [0.05, 0.1) is 12.1 Å². The Kier molecular flexibility index (Phi) is 3.33. The molecule has 0 radical (unpaired) electrons. The number of carbonyl (C=O) groups excluding carboxylic acids is 1. The molecule has 0 aliphatic heterocycles. The molecule has 0 atom stereocenters. The van der Waals surface area contributed by atoms with Gasteiger partial charge in [-0.2, -0.15) is 5.10 Å². The molecule has 1 aliphatic carbocycles. The van der Waals surface area contributed by atoms with Crippen LogP contribution in [0.4, 0.5) is 0 Å². The molecule has 1 fully saturated rings. The van der Waals surface area contributed by atoms with Gasteiger partial charge >= 0.3 is 0 Å². The van der Waals surface area contributed by atoms with Crippen LogP contribution in [0.25, 0.3) is 0 Å². The van der Waals surface area contributed by atoms with Crippen molar-refractivity contribution in [3.8, 4) is 0 Å². The zero-order chi connectivity index (χ0) is 12.5. The molecular weight excluding hydrogens is 216 g/mol. The summed E-state index contributed by atoms with van der Waals surface area (Å²) in [5.74, 6) is 0.543. The summed E-state index contributed by atoms with van der Waals surface area (Å²) in [4.78, 5) is 12.1. The lowest BCUT2D eigenvalue weighted by Crippen LogP contribution is -2.42. The molecule has 2 rings (SSSR count). The zero-order valence-corrected chi connectivity index (χ0v) is 10.5. The van der Waals surface area contributed by atoms with E-state index in [-0.39, 0.29) is 12.2 Å². The number of aliphatic hydroxyl groups is 1. The Hall–Kier alpha value is -1.16. The highest BCUT2D eigenvalue weighted by Crippen LogP contribution is 2.33. The molecule has 1 heterocycles. The van der Waals surface area contributed by atoms with E-state index in [0.717, 1.165) is 18.5 Å². The average Bonchev–Trinajstić information content (AvgIpc) is 2.68. The van der Waals surface area contributed by atoms with E-state index in [0.29, 0.717) is 18.8 Å². The maximum atomic E-state index is 12.1. The zero-order valence-electron chi connectivity index (χ0n) is 10.5. The summed E-state index contributed by atoms with van der Waals surface area (Å²) in [6, 6.07) is 1.83. The van der Waals surface area contributed by atoms with E-state index >= 15 is 0 Å². The Morgan fingerprint density at radius 2 is 2.24 bits per heavy atom. The summed E-state index contributed by atoms with van der Waals surface area (Å²) >= 11 is 0. The van der Waals surface area contributed by atoms with Crippen LogP contribution in [0.15, 0.2) is 12.3 Å². The van der Waals surface area contributed by atoms with Crippen LogP contribution in [0, 0.1) is 5.92 Å². The van der Waals surface area contributed by atoms with Crippen molar-refractivity contribution in [2.75, 3.05) is 0 Å². The van der Waals surface area contributed by atoms with Gasteiger partial charge in [0.25, 0.3) is 0 Å². The van der Waals surface area contributed by atoms with E-state index in [1.165, 1.54) is 0 Å². The third-order valence-corrected chi connectivity index (χ3v) is 3.73. The standard InChI is InChI=1S/C13H20N2O2/c1-10-3-6-13(17,7-4-10)12(16)9-11-5-8-15(2)14-11/h5,8,10,17H,3-4,6-7,9H2,1-2H3. The van der Waals surface area contributed by atoms with E-state index in [4.69, 9.17) is 0 Å². The number of hydrogen-bond donors (Lipinski definition) is 1. The highest BCUT2D eigenvalue weighted by Gasteiger charge is 2.38. The van der Waals surface area contributed by atoms with E-state index in [2.05, 4.69) is 12.0 Å². The van der Waals surface area contributed by atoms with E-state index in [9.17, 15) is 9.90 Å². The van der Waals surface area contributed by atoms with Gasteiger partial charge in [-0.3, -0.25) is 9.48 Å². The Labute approximate surface area is 102 Å². The first-order chi connectivity index (χ1) is 7.99. The second-order valence-electron chi connectivity index (χ2n) is 5.29. The van der Waals surface area contributed by atoms with Crippen LogP contribution in [0.2, 0.25) is 0 Å². The molecule has 1 N–H and O–H groups in total. The quantitative estimate of drug-likeness (QED) is 0.864. The number of nitrogens with zero attached hydrogens (tertiary/aromatic N) is 2. The molecule has 0 bridgehead atoms. The van der Waals surface area contributed by atoms with Gasteiger partial charge in [0.2, 0.25) is 0 Å². The molecule has 4 heteroatoms. The molecule has 94 valence electrons. The predicted octanol–water partition coefficient (Wildman–Crippen LogP) is 1.47. The maximum absolute atomic E-state index is 12.1. The van der Waals surface area contributed by atoms with Gasteiger partial charge in [-0.05, 0) is 37.7 Å². The van der Waals surface area contributed by atoms with Crippen LogP contribution in [-0.4, -0.2) is 26.3 Å². The fourth-order valence-corrected chi connectivity index (χ4v) is 2.41. The molecule has 17 heavy (non-hydrogen) atoms. The van der Waals surface area contributed by atoms with Crippen molar-refractivity contribution in [2.45, 2.75) is 44.6 Å². The Morgan fingerprint density at radius 3 is 2.76 bits per heavy atom. The fraction of sp³-hybridized carbons (Fsp3) is 0.692. The van der Waals surface area contributed by atoms with Gasteiger partial charge in [-0.15, -0.1) is 0 Å². The molecule has 1 aromatic heterocycles. The maximum Gasteiger partial charge on any atom is 0.170 e. The van der Waals surface area contributed by atoms with Crippen LogP contribution in [0.3, 0.4) is 0 Å². The topological polar surface area (TPSA) is 55.1 Å². The second-order valence-corrected chi connectivity index (χ2v) is 5.29. The van der Waals surface area contributed by atoms with Crippen molar-refractivity contribution in [2.24, 2.45) is 13.0 Å². The molecule has 0 saturated heterocycles. The summed E-state index contributed by atoms with van der Waals surface area (Å²) in [6.07, 6.45) is 5.12. The Balaban J connectivity index is 2.00. The van der Waals surface area contributed by atoms with Gasteiger partial charge < -0.3 is 5.11 Å². The van der Waals surface area contributed by atoms with Gasteiger partial charge in [0.15, 0.2) is 5.78 Å². The van der Waals surface area contributed by atoms with E-state index in [1.54, 1.807) is 4.68 Å². The van der Waals surface area contributed by atoms with Crippen molar-refractivity contribution in [1.29, 1.82) is 0 Å². The van der Waals surface area contributed by atoms with Crippen LogP contribution in [0.1, 0.15) is 38.3 Å². The summed E-state index contributed by atoms with van der Waals surface area (Å²) in [6.45, 7) is 2.17. The molecule has 0 unspecified atom stereocenters. The first kappa shape index (κ1) is 12.3. The van der Waals surface area contributed by atoms with Crippen molar-refractivity contribution in [3.63, 3.8) is 0 Å². The summed E-state index contributed by atoms with van der Waals surface area (Å²) in [5, 5.41) is 14.5. The highest BCUT2D eigenvalue weighted by atomic mass is 16.3. The number of rotatable bonds is 3. The minimum atomic E-state index is -1.11. The van der Waals surface area contributed by atoms with Crippen LogP contribution in [0.5, 0.6) is 0 Å². The number of Topliss-reactive ketones (excluding diaryl/α,β-unsaturated/α-hetero) is 1. The van der Waals surface area contributed by atoms with Gasteiger partial charge in [-0.1, -0.05) is 6.92 Å². The van der Waals surface area contributed by atoms with Crippen molar-refractivity contribution in [1.82, 2.24) is 9.78 Å². The van der Waals surface area contributed by atoms with Crippen LogP contribution in [-0.2, 0) is 18.3 Å². The van der Waals surface area contributed by atoms with Gasteiger partial charge in [-0.25, -0.2) is 0 Å². The molecule has 0 spiro atoms. The lowest BCUT2D eigenvalue weighted by Gasteiger charge is -2.33. The number of aromatic nitrogens is 2. The van der Waals surface area contributed by atoms with Gasteiger partial charge in [0.1, 0.15) is 5.60 Å². The number of ketones is 1. The molecule has 4 nitrogen and oxygen atoms in total. The molecule has 1 saturated carbocycles. The SMILES string of the molecule is CC1CCC(O)(C(=O)Cc2ccn(C)n2)CC1. The summed E-state index contributed by atoms with van der Waals surface area (Å²) in [5.41, 5.74) is -0.367. The largest absolute Gasteiger partial charge is 0.382 e. The Bertz CT molecular complexity index is 403. The third-order valence-electron chi connectivity index (χ3n) is 3.73. The number of aryl methyl sites for hydroxylation is 1. The third kappa shape index (κ3) is 2.75. The molecule has 0 amide bonds. The molecule has 1 aromatic rings. The smallest absolute Gasteiger partial charge is 0.170 e. The number of carbonyl (C=O) groups is 1. The monoisotopic (exact) mass is 236 g/mol. The minimum Gasteiger partial charge on any atom is -0.382 e. The first-order valence-corrected chi connectivity index (χ1v) is 6.24.